The fourth-order valence-corrected chi connectivity index (χ4v) is 6.21. The maximum Gasteiger partial charge on any atom is 0.460 e. The molecule has 0 aliphatic carbocycles. The van der Waals surface area contributed by atoms with Crippen molar-refractivity contribution in [2.45, 2.75) is 23.3 Å². The van der Waals surface area contributed by atoms with E-state index in [-0.39, 0.29) is 0 Å². The molecule has 0 aliphatic rings. The normalized spacial score (nSPS) is 13.8. The Morgan fingerprint density at radius 2 is 1.06 bits per heavy atom. The molecule has 0 heterocycles. The molecule has 4 nitrogen and oxygen atoms in total. The molecular weight excluding hydrogens is 598 g/mol. The Morgan fingerprint density at radius 3 is 1.31 bits per heavy atom. The number of alkyl halides is 9. The molecule has 0 atom stereocenters. The molecule has 0 radical (unpaired) electrons. The molecule has 0 saturated heterocycles. The van der Waals surface area contributed by atoms with Crippen molar-refractivity contribution in [1.29, 1.82) is 0 Å². The number of hydrogen-bond acceptors (Lipinski definition) is 3. The van der Waals surface area contributed by atoms with Gasteiger partial charge in [-0.05, 0) is 0 Å². The molecule has 182 valence electrons. The minimum absolute atomic E-state index is 1.34. The summed E-state index contributed by atoms with van der Waals surface area (Å²) < 4.78 is 142. The summed E-state index contributed by atoms with van der Waals surface area (Å²) in [4.78, 5) is 0. The van der Waals surface area contributed by atoms with E-state index in [0.29, 0.717) is 0 Å². The number of rotatable bonds is 6. The van der Waals surface area contributed by atoms with Crippen LogP contribution in [-0.2, 0) is 13.2 Å². The molecule has 0 aliphatic heterocycles. The van der Waals surface area contributed by atoms with E-state index in [1.807, 2.05) is 19.2 Å². The predicted octanol–water partition coefficient (Wildman–Crippen LogP) is 6.09. The minimum Gasteiger partial charge on any atom is -0.281 e. The van der Waals surface area contributed by atoms with Crippen LogP contribution in [0.25, 0.3) is 0 Å². The molecule has 2 rings (SSSR count). The van der Waals surface area contributed by atoms with Gasteiger partial charge in [-0.25, -0.2) is 0 Å². The first-order valence-electron chi connectivity index (χ1n) is 7.93. The Labute approximate surface area is 184 Å². The first-order chi connectivity index (χ1) is 14.4. The SMILES string of the molecule is COI(c1ccccc1)c1ccccc1.O=S(=O)(O)C(F)(F)C(F)(F)C(F)(F)C(F)(F)F. The zero-order valence-electron chi connectivity index (χ0n) is 15.6. The van der Waals surface area contributed by atoms with Crippen LogP contribution in [-0.4, -0.2) is 43.4 Å². The van der Waals surface area contributed by atoms with Crippen LogP contribution in [0.5, 0.6) is 0 Å². The topological polar surface area (TPSA) is 63.6 Å². The van der Waals surface area contributed by atoms with Crippen LogP contribution in [0, 0.1) is 7.14 Å². The van der Waals surface area contributed by atoms with Crippen molar-refractivity contribution in [2.24, 2.45) is 0 Å². The van der Waals surface area contributed by atoms with Gasteiger partial charge in [0.2, 0.25) is 0 Å². The average molecular weight is 612 g/mol. The summed E-state index contributed by atoms with van der Waals surface area (Å²) in [5.74, 6) is -14.7. The van der Waals surface area contributed by atoms with Gasteiger partial charge in [-0.15, -0.1) is 0 Å². The van der Waals surface area contributed by atoms with Gasteiger partial charge >= 0.3 is 132 Å². The van der Waals surface area contributed by atoms with Crippen molar-refractivity contribution in [3.8, 4) is 0 Å². The second-order valence-corrected chi connectivity index (χ2v) is 11.9. The molecule has 0 aromatic heterocycles. The van der Waals surface area contributed by atoms with E-state index >= 15 is 0 Å². The Balaban J connectivity index is 0.000000321. The van der Waals surface area contributed by atoms with Crippen LogP contribution in [0.4, 0.5) is 39.5 Å². The molecule has 0 spiro atoms. The summed E-state index contributed by atoms with van der Waals surface area (Å²) in [5.41, 5.74) is 0. The second-order valence-electron chi connectivity index (χ2n) is 5.63. The third kappa shape index (κ3) is 5.85. The third-order valence-corrected chi connectivity index (χ3v) is 8.94. The van der Waals surface area contributed by atoms with Gasteiger partial charge in [0.05, 0.1) is 0 Å². The van der Waals surface area contributed by atoms with Gasteiger partial charge in [0.1, 0.15) is 0 Å². The van der Waals surface area contributed by atoms with E-state index in [0.717, 1.165) is 0 Å². The molecule has 1 N–H and O–H groups in total. The van der Waals surface area contributed by atoms with E-state index in [1.54, 1.807) is 0 Å². The van der Waals surface area contributed by atoms with Crippen LogP contribution in [0.1, 0.15) is 0 Å². The van der Waals surface area contributed by atoms with Gasteiger partial charge < -0.3 is 0 Å². The van der Waals surface area contributed by atoms with E-state index in [9.17, 15) is 47.9 Å². The molecule has 0 unspecified atom stereocenters. The molecule has 0 fully saturated rings. The summed E-state index contributed by atoms with van der Waals surface area (Å²) in [6.45, 7) is 0. The summed E-state index contributed by atoms with van der Waals surface area (Å²) in [5, 5.41) is -7.00. The van der Waals surface area contributed by atoms with E-state index in [1.165, 1.54) is 7.14 Å². The van der Waals surface area contributed by atoms with E-state index in [2.05, 4.69) is 48.5 Å². The summed E-state index contributed by atoms with van der Waals surface area (Å²) in [6, 6.07) is 21.0. The van der Waals surface area contributed by atoms with Crippen molar-refractivity contribution in [1.82, 2.24) is 0 Å². The number of benzene rings is 2. The fourth-order valence-electron chi connectivity index (χ4n) is 1.89. The van der Waals surface area contributed by atoms with Gasteiger partial charge in [0, 0.05) is 0 Å². The Kier molecular flexibility index (Phi) is 9.00. The summed E-state index contributed by atoms with van der Waals surface area (Å²) in [6.07, 6.45) is -7.13. The predicted molar refractivity (Wildman–Crippen MR) is 104 cm³/mol. The van der Waals surface area contributed by atoms with Gasteiger partial charge in [-0.2, -0.15) is 47.9 Å². The third-order valence-electron chi connectivity index (χ3n) is 3.46. The number of hydrogen-bond donors (Lipinski definition) is 1. The van der Waals surface area contributed by atoms with Crippen molar-refractivity contribution in [2.75, 3.05) is 7.11 Å². The van der Waals surface area contributed by atoms with Crippen molar-refractivity contribution < 1.29 is 55.6 Å². The van der Waals surface area contributed by atoms with Crippen molar-refractivity contribution >= 4 is 30.4 Å². The smallest absolute Gasteiger partial charge is 0.281 e. The van der Waals surface area contributed by atoms with Crippen molar-refractivity contribution in [3.63, 3.8) is 0 Å². The molecule has 2 aromatic carbocycles. The molecule has 0 saturated carbocycles. The fraction of sp³-hybridized carbons (Fsp3) is 0.294. The monoisotopic (exact) mass is 612 g/mol. The summed E-state index contributed by atoms with van der Waals surface area (Å²) >= 11 is -1.62. The van der Waals surface area contributed by atoms with Crippen LogP contribution in [0.15, 0.2) is 60.7 Å². The molecule has 2 aromatic rings. The minimum atomic E-state index is -7.37. The molecule has 0 bridgehead atoms. The Bertz CT molecular complexity index is 929. The second kappa shape index (κ2) is 10.1. The maximum atomic E-state index is 12.2. The first-order valence-corrected chi connectivity index (χ1v) is 12.4. The average Bonchev–Trinajstić information content (AvgIpc) is 2.69. The van der Waals surface area contributed by atoms with Crippen LogP contribution in [0.2, 0.25) is 0 Å². The molecule has 15 heteroatoms. The largest absolute Gasteiger partial charge is 0.460 e. The van der Waals surface area contributed by atoms with E-state index in [4.69, 9.17) is 7.62 Å². The van der Waals surface area contributed by atoms with Crippen LogP contribution >= 0.6 is 20.2 Å². The Hall–Kier alpha value is -1.59. The van der Waals surface area contributed by atoms with E-state index < -0.39 is 53.6 Å². The zero-order valence-corrected chi connectivity index (χ0v) is 18.6. The maximum absolute atomic E-state index is 12.2. The zero-order chi connectivity index (χ0) is 25.0. The van der Waals surface area contributed by atoms with Gasteiger partial charge in [0.15, 0.2) is 0 Å². The van der Waals surface area contributed by atoms with Gasteiger partial charge in [-0.3, -0.25) is 4.55 Å². The van der Waals surface area contributed by atoms with Crippen LogP contribution < -0.4 is 0 Å². The molecular formula is C17H14F9IO4S. The van der Waals surface area contributed by atoms with Crippen LogP contribution in [0.3, 0.4) is 0 Å². The quantitative estimate of drug-likeness (QED) is 0.244. The number of halogens is 10. The molecule has 32 heavy (non-hydrogen) atoms. The van der Waals surface area contributed by atoms with Crippen molar-refractivity contribution in [3.05, 3.63) is 67.8 Å². The summed E-state index contributed by atoms with van der Waals surface area (Å²) in [7, 11) is -5.36. The van der Waals surface area contributed by atoms with Gasteiger partial charge in [0.25, 0.3) is 0 Å². The standard InChI is InChI=1S/C13H13IO.C4HF9O3S/c1-15-14(12-8-4-2-5-9-12)13-10-6-3-7-11-13;5-1(6,3(9,10)11)2(7,8)4(12,13)17(14,15)16/h2-11H,1H3;(H,14,15,16). The molecule has 0 amide bonds. The first kappa shape index (κ1) is 28.4. The van der Waals surface area contributed by atoms with Gasteiger partial charge in [-0.1, -0.05) is 0 Å². The Morgan fingerprint density at radius 1 is 0.719 bits per heavy atom.